The van der Waals surface area contributed by atoms with Crippen molar-refractivity contribution < 1.29 is 4.74 Å². The highest BCUT2D eigenvalue weighted by atomic mass is 32.2. The molecule has 17 heavy (non-hydrogen) atoms. The highest BCUT2D eigenvalue weighted by molar-refractivity contribution is 7.99. The first-order valence-electron chi connectivity index (χ1n) is 7.33. The van der Waals surface area contributed by atoms with Gasteiger partial charge in [-0.05, 0) is 18.9 Å². The van der Waals surface area contributed by atoms with Gasteiger partial charge in [0, 0.05) is 17.5 Å². The van der Waals surface area contributed by atoms with Crippen molar-refractivity contribution in [2.24, 2.45) is 5.92 Å². The van der Waals surface area contributed by atoms with Crippen molar-refractivity contribution in [1.29, 1.82) is 0 Å². The highest BCUT2D eigenvalue weighted by Gasteiger charge is 2.27. The van der Waals surface area contributed by atoms with E-state index in [-0.39, 0.29) is 0 Å². The molecule has 2 unspecified atom stereocenters. The smallest absolute Gasteiger partial charge is 0.0818 e. The Bertz CT molecular complexity index is 200. The lowest BCUT2D eigenvalue weighted by Gasteiger charge is -2.34. The molecule has 1 heterocycles. The summed E-state index contributed by atoms with van der Waals surface area (Å²) in [6.07, 6.45) is 9.03. The Balaban J connectivity index is 1.81. The first kappa shape index (κ1) is 13.7. The Kier molecular flexibility index (Phi) is 6.16. The lowest BCUT2D eigenvalue weighted by molar-refractivity contribution is 0.0387. The molecule has 0 amide bonds. The molecule has 1 N–H and O–H groups in total. The Morgan fingerprint density at radius 2 is 2.12 bits per heavy atom. The molecule has 1 aliphatic heterocycles. The molecule has 2 atom stereocenters. The second kappa shape index (κ2) is 7.65. The molecule has 2 nitrogen and oxygen atoms in total. The molecular formula is C14H27NOS. The number of rotatable bonds is 5. The minimum Gasteiger partial charge on any atom is -0.375 e. The molecule has 0 aromatic carbocycles. The van der Waals surface area contributed by atoms with E-state index in [0.717, 1.165) is 19.1 Å². The summed E-state index contributed by atoms with van der Waals surface area (Å²) in [4.78, 5) is 0. The average Bonchev–Trinajstić information content (AvgIpc) is 2.40. The molecule has 0 bridgehead atoms. The van der Waals surface area contributed by atoms with Crippen molar-refractivity contribution in [3.05, 3.63) is 0 Å². The molecule has 2 aliphatic rings. The van der Waals surface area contributed by atoms with Gasteiger partial charge in [0.25, 0.3) is 0 Å². The monoisotopic (exact) mass is 257 g/mol. The number of nitrogens with one attached hydrogen (secondary N) is 1. The van der Waals surface area contributed by atoms with E-state index in [9.17, 15) is 0 Å². The third-order valence-electron chi connectivity index (χ3n) is 4.07. The number of ether oxygens (including phenoxy) is 1. The topological polar surface area (TPSA) is 21.3 Å². The molecule has 2 rings (SSSR count). The molecule has 0 spiro atoms. The van der Waals surface area contributed by atoms with E-state index in [1.54, 1.807) is 0 Å². The zero-order valence-corrected chi connectivity index (χ0v) is 11.9. The maximum Gasteiger partial charge on any atom is 0.0818 e. The first-order valence-corrected chi connectivity index (χ1v) is 8.48. The fourth-order valence-electron chi connectivity index (χ4n) is 3.15. The van der Waals surface area contributed by atoms with E-state index >= 15 is 0 Å². The third-order valence-corrected chi connectivity index (χ3v) is 5.09. The maximum atomic E-state index is 5.95. The van der Waals surface area contributed by atoms with Crippen LogP contribution in [0.1, 0.15) is 45.4 Å². The van der Waals surface area contributed by atoms with Crippen LogP contribution in [0.25, 0.3) is 0 Å². The zero-order valence-electron chi connectivity index (χ0n) is 11.1. The predicted octanol–water partition coefficient (Wildman–Crippen LogP) is 3.07. The molecule has 0 aromatic heterocycles. The highest BCUT2D eigenvalue weighted by Crippen LogP contribution is 2.29. The first-order chi connectivity index (χ1) is 8.40. The van der Waals surface area contributed by atoms with Crippen LogP contribution in [-0.4, -0.2) is 36.8 Å². The SMILES string of the molecule is CCNC(CC1CCCCC1)C1CSCCO1. The van der Waals surface area contributed by atoms with Gasteiger partial charge in [0.1, 0.15) is 0 Å². The van der Waals surface area contributed by atoms with E-state index in [1.165, 1.54) is 50.0 Å². The normalized spacial score (nSPS) is 29.1. The molecule has 100 valence electrons. The Hall–Kier alpha value is 0.270. The van der Waals surface area contributed by atoms with Gasteiger partial charge >= 0.3 is 0 Å². The molecule has 1 aliphatic carbocycles. The van der Waals surface area contributed by atoms with Crippen molar-refractivity contribution in [2.45, 2.75) is 57.6 Å². The summed E-state index contributed by atoms with van der Waals surface area (Å²) in [6, 6.07) is 0.593. The number of hydrogen-bond acceptors (Lipinski definition) is 3. The third kappa shape index (κ3) is 4.46. The molecule has 1 saturated carbocycles. The van der Waals surface area contributed by atoms with E-state index in [1.807, 2.05) is 0 Å². The summed E-state index contributed by atoms with van der Waals surface area (Å²) in [5.41, 5.74) is 0. The van der Waals surface area contributed by atoms with Gasteiger partial charge in [-0.15, -0.1) is 0 Å². The number of thioether (sulfide) groups is 1. The van der Waals surface area contributed by atoms with Gasteiger partial charge in [-0.25, -0.2) is 0 Å². The van der Waals surface area contributed by atoms with E-state index in [2.05, 4.69) is 24.0 Å². The lowest BCUT2D eigenvalue weighted by Crippen LogP contribution is -2.46. The quantitative estimate of drug-likeness (QED) is 0.818. The van der Waals surface area contributed by atoms with Crippen LogP contribution < -0.4 is 5.32 Å². The van der Waals surface area contributed by atoms with Crippen LogP contribution in [0.3, 0.4) is 0 Å². The summed E-state index contributed by atoms with van der Waals surface area (Å²) < 4.78 is 5.95. The molecule has 0 aromatic rings. The largest absolute Gasteiger partial charge is 0.375 e. The van der Waals surface area contributed by atoms with Crippen LogP contribution >= 0.6 is 11.8 Å². The molecule has 2 fully saturated rings. The van der Waals surface area contributed by atoms with Crippen LogP contribution in [0.15, 0.2) is 0 Å². The molecule has 3 heteroatoms. The average molecular weight is 257 g/mol. The summed E-state index contributed by atoms with van der Waals surface area (Å²) in [6.45, 7) is 4.23. The van der Waals surface area contributed by atoms with Crippen LogP contribution in [0.5, 0.6) is 0 Å². The van der Waals surface area contributed by atoms with Gasteiger partial charge in [0.15, 0.2) is 0 Å². The van der Waals surface area contributed by atoms with Crippen LogP contribution in [-0.2, 0) is 4.74 Å². The fourth-order valence-corrected chi connectivity index (χ4v) is 4.09. The number of hydrogen-bond donors (Lipinski definition) is 1. The second-order valence-electron chi connectivity index (χ2n) is 5.39. The Labute approximate surface area is 110 Å². The maximum absolute atomic E-state index is 5.95. The fraction of sp³-hybridized carbons (Fsp3) is 1.00. The van der Waals surface area contributed by atoms with Crippen molar-refractivity contribution in [3.8, 4) is 0 Å². The molecular weight excluding hydrogens is 230 g/mol. The van der Waals surface area contributed by atoms with Gasteiger partial charge in [-0.1, -0.05) is 39.0 Å². The van der Waals surface area contributed by atoms with Crippen LogP contribution in [0.4, 0.5) is 0 Å². The van der Waals surface area contributed by atoms with Crippen LogP contribution in [0, 0.1) is 5.92 Å². The summed E-state index contributed by atoms with van der Waals surface area (Å²) in [7, 11) is 0. The van der Waals surface area contributed by atoms with Crippen molar-refractivity contribution in [3.63, 3.8) is 0 Å². The molecule has 0 radical (unpaired) electrons. The van der Waals surface area contributed by atoms with Crippen molar-refractivity contribution >= 4 is 11.8 Å². The van der Waals surface area contributed by atoms with E-state index in [4.69, 9.17) is 4.74 Å². The second-order valence-corrected chi connectivity index (χ2v) is 6.54. The minimum absolute atomic E-state index is 0.454. The van der Waals surface area contributed by atoms with E-state index < -0.39 is 0 Å². The Morgan fingerprint density at radius 1 is 1.29 bits per heavy atom. The van der Waals surface area contributed by atoms with Gasteiger partial charge < -0.3 is 10.1 Å². The summed E-state index contributed by atoms with van der Waals surface area (Å²) in [5.74, 6) is 3.31. The minimum atomic E-state index is 0.454. The molecule has 1 saturated heterocycles. The predicted molar refractivity (Wildman–Crippen MR) is 75.7 cm³/mol. The van der Waals surface area contributed by atoms with Gasteiger partial charge in [0.05, 0.1) is 12.7 Å². The van der Waals surface area contributed by atoms with Crippen LogP contribution in [0.2, 0.25) is 0 Å². The van der Waals surface area contributed by atoms with Crippen molar-refractivity contribution in [2.75, 3.05) is 24.7 Å². The summed E-state index contributed by atoms with van der Waals surface area (Å²) in [5, 5.41) is 3.66. The Morgan fingerprint density at radius 3 is 2.76 bits per heavy atom. The van der Waals surface area contributed by atoms with Gasteiger partial charge in [-0.3, -0.25) is 0 Å². The number of likely N-dealkylation sites (N-methyl/N-ethyl adjacent to an activating group) is 1. The van der Waals surface area contributed by atoms with E-state index in [0.29, 0.717) is 12.1 Å². The zero-order chi connectivity index (χ0) is 11.9. The van der Waals surface area contributed by atoms with Crippen molar-refractivity contribution in [1.82, 2.24) is 5.32 Å². The standard InChI is InChI=1S/C14H27NOS/c1-2-15-13(14-11-17-9-8-16-14)10-12-6-4-3-5-7-12/h12-15H,2-11H2,1H3. The summed E-state index contributed by atoms with van der Waals surface area (Å²) >= 11 is 2.05. The van der Waals surface area contributed by atoms with Gasteiger partial charge in [-0.2, -0.15) is 11.8 Å². The van der Waals surface area contributed by atoms with Gasteiger partial charge in [0.2, 0.25) is 0 Å². The lowest BCUT2D eigenvalue weighted by atomic mass is 9.84.